The summed E-state index contributed by atoms with van der Waals surface area (Å²) < 4.78 is 5.28. The molecule has 19 heavy (non-hydrogen) atoms. The van der Waals surface area contributed by atoms with Crippen LogP contribution in [0.2, 0.25) is 0 Å². The van der Waals surface area contributed by atoms with E-state index in [4.69, 9.17) is 9.94 Å². The van der Waals surface area contributed by atoms with Crippen molar-refractivity contribution in [1.82, 2.24) is 10.5 Å². The first-order valence-electron chi connectivity index (χ1n) is 5.72. The Morgan fingerprint density at radius 2 is 2.16 bits per heavy atom. The summed E-state index contributed by atoms with van der Waals surface area (Å²) in [5.41, 5.74) is 4.04. The molecule has 0 fully saturated rings. The Morgan fingerprint density at radius 1 is 1.37 bits per heavy atom. The van der Waals surface area contributed by atoms with Gasteiger partial charge in [-0.15, -0.1) is 0 Å². The molecule has 0 aliphatic rings. The predicted octanol–water partition coefficient (Wildman–Crippen LogP) is 2.07. The van der Waals surface area contributed by atoms with Crippen molar-refractivity contribution in [2.45, 2.75) is 6.92 Å². The number of methoxy groups -OCH3 is 1. The van der Waals surface area contributed by atoms with E-state index in [-0.39, 0.29) is 0 Å². The molecule has 0 atom stereocenters. The lowest BCUT2D eigenvalue weighted by molar-refractivity contribution is -0.124. The Labute approximate surface area is 110 Å². The van der Waals surface area contributed by atoms with Gasteiger partial charge in [0.1, 0.15) is 5.75 Å². The second-order valence-corrected chi connectivity index (χ2v) is 4.01. The molecule has 98 valence electrons. The zero-order chi connectivity index (χ0) is 13.8. The van der Waals surface area contributed by atoms with Crippen LogP contribution in [0.5, 0.6) is 5.75 Å². The van der Waals surface area contributed by atoms with Crippen molar-refractivity contribution in [3.8, 4) is 5.75 Å². The molecule has 0 bridgehead atoms. The molecule has 0 spiro atoms. The zero-order valence-electron chi connectivity index (χ0n) is 10.7. The third-order valence-corrected chi connectivity index (χ3v) is 2.74. The summed E-state index contributed by atoms with van der Waals surface area (Å²) in [4.78, 5) is 15.5. The van der Waals surface area contributed by atoms with Crippen LogP contribution in [-0.4, -0.2) is 23.2 Å². The maximum atomic E-state index is 11.1. The van der Waals surface area contributed by atoms with Gasteiger partial charge in [-0.3, -0.25) is 15.0 Å². The van der Waals surface area contributed by atoms with Gasteiger partial charge in [-0.1, -0.05) is 6.07 Å². The van der Waals surface area contributed by atoms with Crippen LogP contribution < -0.4 is 10.2 Å². The summed E-state index contributed by atoms with van der Waals surface area (Å²) >= 11 is 0. The number of aryl methyl sites for hydroxylation is 1. The van der Waals surface area contributed by atoms with Gasteiger partial charge >= 0.3 is 0 Å². The van der Waals surface area contributed by atoms with Gasteiger partial charge in [0, 0.05) is 22.7 Å². The van der Waals surface area contributed by atoms with Crippen LogP contribution in [0, 0.1) is 6.92 Å². The molecule has 2 N–H and O–H groups in total. The second kappa shape index (κ2) is 5.49. The first-order chi connectivity index (χ1) is 9.15. The molecule has 1 heterocycles. The number of benzene rings is 1. The quantitative estimate of drug-likeness (QED) is 0.502. The lowest BCUT2D eigenvalue weighted by Crippen LogP contribution is -2.14. The van der Waals surface area contributed by atoms with Gasteiger partial charge in [-0.2, -0.15) is 0 Å². The summed E-state index contributed by atoms with van der Waals surface area (Å²) in [5.74, 6) is 0.0410. The molecule has 0 unspecified atom stereocenters. The minimum Gasteiger partial charge on any atom is -0.496 e. The molecule has 0 radical (unpaired) electrons. The van der Waals surface area contributed by atoms with E-state index in [1.54, 1.807) is 24.7 Å². The number of rotatable bonds is 3. The average molecular weight is 258 g/mol. The number of carbonyl (C=O) groups is 1. The third kappa shape index (κ3) is 2.71. The van der Waals surface area contributed by atoms with E-state index in [0.29, 0.717) is 5.75 Å². The van der Waals surface area contributed by atoms with E-state index < -0.39 is 5.91 Å². The molecule has 0 saturated heterocycles. The van der Waals surface area contributed by atoms with Crippen molar-refractivity contribution in [3.63, 3.8) is 0 Å². The number of amides is 1. The molecule has 0 aliphatic carbocycles. The molecular formula is C14H14N2O3. The van der Waals surface area contributed by atoms with Crippen LogP contribution in [0.15, 0.2) is 30.3 Å². The van der Waals surface area contributed by atoms with E-state index in [1.165, 1.54) is 6.08 Å². The number of nitrogens with one attached hydrogen (secondary N) is 1. The van der Waals surface area contributed by atoms with Gasteiger partial charge in [0.25, 0.3) is 5.91 Å². The van der Waals surface area contributed by atoms with Crippen LogP contribution in [0.4, 0.5) is 0 Å². The number of hydroxylamine groups is 1. The fraction of sp³-hybridized carbons (Fsp3) is 0.143. The summed E-state index contributed by atoms with van der Waals surface area (Å²) in [5, 5.41) is 9.38. The van der Waals surface area contributed by atoms with E-state index in [9.17, 15) is 4.79 Å². The van der Waals surface area contributed by atoms with Gasteiger partial charge < -0.3 is 4.74 Å². The number of nitrogens with zero attached hydrogens (tertiary/aromatic N) is 1. The lowest BCUT2D eigenvalue weighted by atomic mass is 10.1. The highest BCUT2D eigenvalue weighted by atomic mass is 16.5. The smallest absolute Gasteiger partial charge is 0.267 e. The Bertz CT molecular complexity index is 650. The van der Waals surface area contributed by atoms with Crippen molar-refractivity contribution < 1.29 is 14.7 Å². The molecule has 0 saturated carbocycles. The first-order valence-corrected chi connectivity index (χ1v) is 5.72. The van der Waals surface area contributed by atoms with Crippen molar-refractivity contribution in [2.24, 2.45) is 0 Å². The number of ether oxygens (including phenoxy) is 1. The van der Waals surface area contributed by atoms with E-state index in [2.05, 4.69) is 4.98 Å². The number of fused-ring (bicyclic) bond motifs is 1. The van der Waals surface area contributed by atoms with E-state index in [1.807, 2.05) is 25.1 Å². The van der Waals surface area contributed by atoms with Gasteiger partial charge in [-0.05, 0) is 31.2 Å². The number of hydrogen-bond acceptors (Lipinski definition) is 4. The monoisotopic (exact) mass is 258 g/mol. The number of pyridine rings is 1. The second-order valence-electron chi connectivity index (χ2n) is 4.01. The molecule has 2 rings (SSSR count). The van der Waals surface area contributed by atoms with E-state index in [0.717, 1.165) is 22.2 Å². The Hall–Kier alpha value is -2.40. The number of hydrogen-bond donors (Lipinski definition) is 2. The van der Waals surface area contributed by atoms with Crippen molar-refractivity contribution in [1.29, 1.82) is 0 Å². The normalized spacial score (nSPS) is 10.9. The minimum atomic E-state index is -0.598. The topological polar surface area (TPSA) is 71.5 Å². The van der Waals surface area contributed by atoms with Crippen LogP contribution in [0.3, 0.4) is 0 Å². The first kappa shape index (κ1) is 13.0. The molecular weight excluding hydrogens is 244 g/mol. The zero-order valence-corrected chi connectivity index (χ0v) is 10.7. The Balaban J connectivity index is 2.61. The summed E-state index contributed by atoms with van der Waals surface area (Å²) in [6.45, 7) is 1.92. The maximum absolute atomic E-state index is 11.1. The van der Waals surface area contributed by atoms with Crippen molar-refractivity contribution in [3.05, 3.63) is 41.6 Å². The fourth-order valence-corrected chi connectivity index (χ4v) is 1.85. The molecule has 1 aromatic carbocycles. The molecule has 2 aromatic rings. The van der Waals surface area contributed by atoms with E-state index >= 15 is 0 Å². The Kier molecular flexibility index (Phi) is 3.77. The summed E-state index contributed by atoms with van der Waals surface area (Å²) in [6.07, 6.45) is 2.82. The number of carbonyl (C=O) groups excluding carboxylic acids is 1. The highest BCUT2D eigenvalue weighted by Crippen LogP contribution is 2.28. The highest BCUT2D eigenvalue weighted by Gasteiger charge is 2.07. The predicted molar refractivity (Wildman–Crippen MR) is 72.0 cm³/mol. The summed E-state index contributed by atoms with van der Waals surface area (Å²) in [7, 11) is 1.56. The van der Waals surface area contributed by atoms with Gasteiger partial charge in [0.2, 0.25) is 0 Å². The van der Waals surface area contributed by atoms with Crippen molar-refractivity contribution >= 4 is 22.9 Å². The van der Waals surface area contributed by atoms with Crippen LogP contribution in [-0.2, 0) is 4.79 Å². The van der Waals surface area contributed by atoms with Crippen LogP contribution >= 0.6 is 0 Å². The number of aromatic nitrogens is 1. The highest BCUT2D eigenvalue weighted by molar-refractivity contribution is 5.96. The Morgan fingerprint density at radius 3 is 2.84 bits per heavy atom. The van der Waals surface area contributed by atoms with Crippen LogP contribution in [0.25, 0.3) is 17.0 Å². The van der Waals surface area contributed by atoms with Gasteiger partial charge in [0.15, 0.2) is 0 Å². The average Bonchev–Trinajstić information content (AvgIpc) is 2.43. The molecule has 0 aliphatic heterocycles. The molecule has 1 amide bonds. The molecule has 1 aromatic heterocycles. The molecule has 5 nitrogen and oxygen atoms in total. The maximum Gasteiger partial charge on any atom is 0.267 e. The SMILES string of the molecule is COc1ccc2nc(C)ccc2c1C=CC(=O)NO. The third-order valence-electron chi connectivity index (χ3n) is 2.74. The van der Waals surface area contributed by atoms with Gasteiger partial charge in [0.05, 0.1) is 12.6 Å². The largest absolute Gasteiger partial charge is 0.496 e. The fourth-order valence-electron chi connectivity index (χ4n) is 1.85. The standard InChI is InChI=1S/C14H14N2O3/c1-9-3-4-10-11(5-8-14(17)16-18)13(19-2)7-6-12(10)15-9/h3-8,18H,1-2H3,(H,16,17). The molecule has 5 heteroatoms. The van der Waals surface area contributed by atoms with Crippen LogP contribution in [0.1, 0.15) is 11.3 Å². The lowest BCUT2D eigenvalue weighted by Gasteiger charge is -2.08. The van der Waals surface area contributed by atoms with Crippen molar-refractivity contribution in [2.75, 3.05) is 7.11 Å². The minimum absolute atomic E-state index is 0.598. The summed E-state index contributed by atoms with van der Waals surface area (Å²) in [6, 6.07) is 7.48. The van der Waals surface area contributed by atoms with Gasteiger partial charge in [-0.25, -0.2) is 5.48 Å².